The van der Waals surface area contributed by atoms with Crippen molar-refractivity contribution in [3.8, 4) is 0 Å². The van der Waals surface area contributed by atoms with Crippen LogP contribution in [0.1, 0.15) is 61.0 Å². The van der Waals surface area contributed by atoms with Crippen LogP contribution < -0.4 is 0 Å². The highest BCUT2D eigenvalue weighted by Crippen LogP contribution is 2.40. The monoisotopic (exact) mass is 420 g/mol. The molecule has 1 aliphatic carbocycles. The summed E-state index contributed by atoms with van der Waals surface area (Å²) in [6, 6.07) is 9.88. The van der Waals surface area contributed by atoms with Crippen molar-refractivity contribution < 1.29 is 9.59 Å². The fourth-order valence-electron chi connectivity index (χ4n) is 4.98. The first-order chi connectivity index (χ1) is 15.1. The van der Waals surface area contributed by atoms with Crippen LogP contribution in [0, 0.1) is 0 Å². The molecule has 3 heterocycles. The van der Waals surface area contributed by atoms with E-state index in [9.17, 15) is 9.59 Å². The SMILES string of the molecule is CC(C(=O)N1CCCCC1)N1CCN(C(=O)c2cc(C3CC3)nc3ccccc23)CC1. The van der Waals surface area contributed by atoms with Gasteiger partial charge in [-0.3, -0.25) is 19.5 Å². The Morgan fingerprint density at radius 3 is 2.35 bits per heavy atom. The van der Waals surface area contributed by atoms with Gasteiger partial charge < -0.3 is 9.80 Å². The van der Waals surface area contributed by atoms with Gasteiger partial charge >= 0.3 is 0 Å². The first kappa shape index (κ1) is 20.4. The molecule has 6 nitrogen and oxygen atoms in total. The van der Waals surface area contributed by atoms with Crippen molar-refractivity contribution in [2.75, 3.05) is 39.3 Å². The molecule has 2 saturated heterocycles. The Morgan fingerprint density at radius 2 is 1.65 bits per heavy atom. The predicted octanol–water partition coefficient (Wildman–Crippen LogP) is 3.27. The zero-order valence-corrected chi connectivity index (χ0v) is 18.4. The molecule has 2 aliphatic heterocycles. The highest BCUT2D eigenvalue weighted by molar-refractivity contribution is 6.06. The van der Waals surface area contributed by atoms with E-state index in [0.717, 1.165) is 61.2 Å². The number of amides is 2. The highest BCUT2D eigenvalue weighted by atomic mass is 16.2. The molecule has 2 amide bonds. The predicted molar refractivity (Wildman–Crippen MR) is 121 cm³/mol. The van der Waals surface area contributed by atoms with E-state index in [1.807, 2.05) is 47.1 Å². The van der Waals surface area contributed by atoms with Gasteiger partial charge in [-0.15, -0.1) is 0 Å². The summed E-state index contributed by atoms with van der Waals surface area (Å²) in [4.78, 5) is 37.4. The van der Waals surface area contributed by atoms with Gasteiger partial charge in [0.2, 0.25) is 5.91 Å². The number of piperazine rings is 1. The maximum atomic E-state index is 13.5. The van der Waals surface area contributed by atoms with Crippen LogP contribution in [0.2, 0.25) is 0 Å². The summed E-state index contributed by atoms with van der Waals surface area (Å²) in [6.45, 7) is 6.60. The van der Waals surface area contributed by atoms with E-state index in [1.54, 1.807) is 0 Å². The summed E-state index contributed by atoms with van der Waals surface area (Å²) in [5.41, 5.74) is 2.74. The topological polar surface area (TPSA) is 56.8 Å². The van der Waals surface area contributed by atoms with Crippen molar-refractivity contribution in [3.63, 3.8) is 0 Å². The van der Waals surface area contributed by atoms with Crippen LogP contribution in [0.3, 0.4) is 0 Å². The molecule has 2 aromatic rings. The molecule has 3 fully saturated rings. The van der Waals surface area contributed by atoms with E-state index in [0.29, 0.717) is 19.0 Å². The van der Waals surface area contributed by atoms with Crippen LogP contribution in [0.25, 0.3) is 10.9 Å². The molecule has 3 aliphatic rings. The van der Waals surface area contributed by atoms with Gasteiger partial charge in [0.15, 0.2) is 0 Å². The van der Waals surface area contributed by atoms with E-state index < -0.39 is 0 Å². The molecule has 31 heavy (non-hydrogen) atoms. The van der Waals surface area contributed by atoms with Gasteiger partial charge in [-0.2, -0.15) is 0 Å². The number of aromatic nitrogens is 1. The summed E-state index contributed by atoms with van der Waals surface area (Å²) in [5, 5.41) is 0.938. The number of hydrogen-bond acceptors (Lipinski definition) is 4. The highest BCUT2D eigenvalue weighted by Gasteiger charge is 2.32. The number of carbonyl (C=O) groups excluding carboxylic acids is 2. The van der Waals surface area contributed by atoms with Crippen LogP contribution in [0.15, 0.2) is 30.3 Å². The van der Waals surface area contributed by atoms with E-state index >= 15 is 0 Å². The van der Waals surface area contributed by atoms with Crippen LogP contribution in [0.4, 0.5) is 0 Å². The molecule has 1 aromatic carbocycles. The lowest BCUT2D eigenvalue weighted by atomic mass is 10.0. The minimum absolute atomic E-state index is 0.0927. The molecule has 1 unspecified atom stereocenters. The number of para-hydroxylation sites is 1. The molecule has 1 atom stereocenters. The molecular weight excluding hydrogens is 388 g/mol. The van der Waals surface area contributed by atoms with Crippen molar-refractivity contribution >= 4 is 22.7 Å². The Labute approximate surface area is 184 Å². The van der Waals surface area contributed by atoms with Crippen molar-refractivity contribution in [2.45, 2.75) is 51.0 Å². The van der Waals surface area contributed by atoms with Crippen molar-refractivity contribution in [1.82, 2.24) is 19.7 Å². The van der Waals surface area contributed by atoms with E-state index in [-0.39, 0.29) is 17.9 Å². The van der Waals surface area contributed by atoms with Crippen molar-refractivity contribution in [1.29, 1.82) is 0 Å². The number of rotatable bonds is 4. The van der Waals surface area contributed by atoms with Crippen LogP contribution in [-0.2, 0) is 4.79 Å². The molecule has 6 heteroatoms. The average molecular weight is 421 g/mol. The Hall–Kier alpha value is -2.47. The molecule has 0 bridgehead atoms. The summed E-state index contributed by atoms with van der Waals surface area (Å²) < 4.78 is 0. The zero-order chi connectivity index (χ0) is 21.4. The van der Waals surface area contributed by atoms with Gasteiger partial charge in [0.1, 0.15) is 0 Å². The van der Waals surface area contributed by atoms with Gasteiger partial charge in [-0.05, 0) is 51.2 Å². The van der Waals surface area contributed by atoms with E-state index in [2.05, 4.69) is 4.90 Å². The Morgan fingerprint density at radius 1 is 0.935 bits per heavy atom. The molecule has 5 rings (SSSR count). The summed E-state index contributed by atoms with van der Waals surface area (Å²) in [6.07, 6.45) is 5.79. The minimum Gasteiger partial charge on any atom is -0.341 e. The standard InChI is InChI=1S/C25H32N4O2/c1-18(24(30)28-11-5-2-6-12-28)27-13-15-29(16-14-27)25(31)21-17-23(19-9-10-19)26-22-8-4-3-7-20(21)22/h3-4,7-8,17-19H,2,5-6,9-16H2,1H3. The first-order valence-corrected chi connectivity index (χ1v) is 11.8. The minimum atomic E-state index is -0.112. The third-order valence-corrected chi connectivity index (χ3v) is 7.14. The average Bonchev–Trinajstić information content (AvgIpc) is 3.68. The maximum Gasteiger partial charge on any atom is 0.254 e. The van der Waals surface area contributed by atoms with Gasteiger partial charge in [-0.25, -0.2) is 0 Å². The zero-order valence-electron chi connectivity index (χ0n) is 18.4. The fraction of sp³-hybridized carbons (Fsp3) is 0.560. The van der Waals surface area contributed by atoms with E-state index in [1.165, 1.54) is 19.3 Å². The molecule has 0 radical (unpaired) electrons. The Bertz CT molecular complexity index is 973. The normalized spacial score (nSPS) is 21.3. The van der Waals surface area contributed by atoms with Gasteiger partial charge in [0.25, 0.3) is 5.91 Å². The number of hydrogen-bond donors (Lipinski definition) is 0. The Kier molecular flexibility index (Phi) is 5.65. The van der Waals surface area contributed by atoms with Gasteiger partial charge in [-0.1, -0.05) is 18.2 Å². The number of benzene rings is 1. The molecule has 1 aromatic heterocycles. The van der Waals surface area contributed by atoms with Crippen LogP contribution >= 0.6 is 0 Å². The van der Waals surface area contributed by atoms with E-state index in [4.69, 9.17) is 4.98 Å². The Balaban J connectivity index is 1.28. The number of pyridine rings is 1. The molecule has 1 saturated carbocycles. The van der Waals surface area contributed by atoms with Gasteiger partial charge in [0.05, 0.1) is 17.1 Å². The van der Waals surface area contributed by atoms with Crippen molar-refractivity contribution in [2.24, 2.45) is 0 Å². The smallest absolute Gasteiger partial charge is 0.254 e. The number of fused-ring (bicyclic) bond motifs is 1. The molecule has 0 N–H and O–H groups in total. The number of piperidine rings is 1. The first-order valence-electron chi connectivity index (χ1n) is 11.8. The van der Waals surface area contributed by atoms with Crippen molar-refractivity contribution in [3.05, 3.63) is 41.6 Å². The molecule has 164 valence electrons. The summed E-state index contributed by atoms with van der Waals surface area (Å²) in [5.74, 6) is 0.846. The summed E-state index contributed by atoms with van der Waals surface area (Å²) >= 11 is 0. The second-order valence-electron chi connectivity index (χ2n) is 9.28. The quantitative estimate of drug-likeness (QED) is 0.762. The number of likely N-dealkylation sites (tertiary alicyclic amines) is 1. The second-order valence-corrected chi connectivity index (χ2v) is 9.28. The number of nitrogens with zero attached hydrogens (tertiary/aromatic N) is 4. The lowest BCUT2D eigenvalue weighted by Crippen LogP contribution is -2.56. The van der Waals surface area contributed by atoms with Gasteiger partial charge in [0, 0.05) is 56.3 Å². The number of carbonyl (C=O) groups is 2. The lowest BCUT2D eigenvalue weighted by Gasteiger charge is -2.39. The maximum absolute atomic E-state index is 13.5. The third kappa shape index (κ3) is 4.18. The third-order valence-electron chi connectivity index (χ3n) is 7.14. The molecule has 0 spiro atoms. The fourth-order valence-corrected chi connectivity index (χ4v) is 4.98. The van der Waals surface area contributed by atoms with Crippen LogP contribution in [-0.4, -0.2) is 76.8 Å². The second kappa shape index (κ2) is 8.58. The molecular formula is C25H32N4O2. The lowest BCUT2D eigenvalue weighted by molar-refractivity contribution is -0.137. The van der Waals surface area contributed by atoms with Crippen LogP contribution in [0.5, 0.6) is 0 Å². The largest absolute Gasteiger partial charge is 0.341 e. The summed E-state index contributed by atoms with van der Waals surface area (Å²) in [7, 11) is 0.